The summed E-state index contributed by atoms with van der Waals surface area (Å²) in [5.74, 6) is 0.686. The van der Waals surface area contributed by atoms with Gasteiger partial charge in [0.05, 0.1) is 5.41 Å². The first-order valence-electron chi connectivity index (χ1n) is 8.86. The van der Waals surface area contributed by atoms with Crippen molar-refractivity contribution >= 4 is 17.5 Å². The number of carbonyl (C=O) groups excluding carboxylic acids is 2. The molecule has 2 aliphatic heterocycles. The Kier molecular flexibility index (Phi) is 3.94. The third-order valence-electron chi connectivity index (χ3n) is 5.47. The van der Waals surface area contributed by atoms with Crippen LogP contribution in [-0.4, -0.2) is 43.5 Å². The third kappa shape index (κ3) is 2.55. The SMILES string of the molecule is Cc1cccc(OCC(=O)N2CC[C@@]3(C2)C(=O)N(C)c2ccccc23)c1. The van der Waals surface area contributed by atoms with Gasteiger partial charge in [0, 0.05) is 25.8 Å². The molecule has 2 aromatic rings. The van der Waals surface area contributed by atoms with Gasteiger partial charge in [0.15, 0.2) is 6.61 Å². The number of carbonyl (C=O) groups is 2. The zero-order valence-corrected chi connectivity index (χ0v) is 15.1. The summed E-state index contributed by atoms with van der Waals surface area (Å²) in [7, 11) is 1.81. The number of hydrogen-bond acceptors (Lipinski definition) is 3. The van der Waals surface area contributed by atoms with Crippen LogP contribution in [0.5, 0.6) is 5.75 Å². The van der Waals surface area contributed by atoms with Gasteiger partial charge in [-0.25, -0.2) is 0 Å². The summed E-state index contributed by atoms with van der Waals surface area (Å²) < 4.78 is 5.64. The number of para-hydroxylation sites is 1. The van der Waals surface area contributed by atoms with Crippen molar-refractivity contribution in [3.63, 3.8) is 0 Å². The van der Waals surface area contributed by atoms with E-state index in [4.69, 9.17) is 4.74 Å². The molecule has 134 valence electrons. The lowest BCUT2D eigenvalue weighted by Crippen LogP contribution is -2.42. The molecule has 0 N–H and O–H groups in total. The fourth-order valence-corrected chi connectivity index (χ4v) is 4.07. The molecule has 0 aromatic heterocycles. The van der Waals surface area contributed by atoms with Crippen LogP contribution in [-0.2, 0) is 15.0 Å². The summed E-state index contributed by atoms with van der Waals surface area (Å²) in [4.78, 5) is 29.0. The van der Waals surface area contributed by atoms with Gasteiger partial charge in [0.25, 0.3) is 5.91 Å². The van der Waals surface area contributed by atoms with Gasteiger partial charge >= 0.3 is 0 Å². The van der Waals surface area contributed by atoms with Crippen LogP contribution < -0.4 is 9.64 Å². The van der Waals surface area contributed by atoms with Crippen LogP contribution in [0, 0.1) is 6.92 Å². The van der Waals surface area contributed by atoms with Crippen molar-refractivity contribution < 1.29 is 14.3 Å². The molecule has 2 aliphatic rings. The van der Waals surface area contributed by atoms with Gasteiger partial charge in [0.1, 0.15) is 5.75 Å². The Hall–Kier alpha value is -2.82. The second-order valence-corrected chi connectivity index (χ2v) is 7.13. The molecule has 1 spiro atoms. The van der Waals surface area contributed by atoms with Crippen molar-refractivity contribution in [1.82, 2.24) is 4.90 Å². The largest absolute Gasteiger partial charge is 0.484 e. The molecule has 26 heavy (non-hydrogen) atoms. The van der Waals surface area contributed by atoms with Crippen molar-refractivity contribution in [3.8, 4) is 5.75 Å². The maximum absolute atomic E-state index is 12.9. The second kappa shape index (κ2) is 6.16. The lowest BCUT2D eigenvalue weighted by molar-refractivity contribution is -0.132. The van der Waals surface area contributed by atoms with Gasteiger partial charge in [-0.05, 0) is 42.7 Å². The molecule has 1 atom stereocenters. The van der Waals surface area contributed by atoms with Crippen LogP contribution in [0.1, 0.15) is 17.5 Å². The van der Waals surface area contributed by atoms with Gasteiger partial charge in [-0.15, -0.1) is 0 Å². The number of likely N-dealkylation sites (tertiary alicyclic amines) is 1. The average molecular weight is 350 g/mol. The molecular formula is C21H22N2O3. The predicted molar refractivity (Wildman–Crippen MR) is 99.4 cm³/mol. The van der Waals surface area contributed by atoms with Crippen LogP contribution in [0.25, 0.3) is 0 Å². The summed E-state index contributed by atoms with van der Waals surface area (Å²) in [6.45, 7) is 2.97. The summed E-state index contributed by atoms with van der Waals surface area (Å²) in [6, 6.07) is 15.5. The van der Waals surface area contributed by atoms with Gasteiger partial charge in [-0.1, -0.05) is 30.3 Å². The summed E-state index contributed by atoms with van der Waals surface area (Å²) in [5.41, 5.74) is 2.46. The molecule has 0 bridgehead atoms. The monoisotopic (exact) mass is 350 g/mol. The van der Waals surface area contributed by atoms with E-state index in [9.17, 15) is 9.59 Å². The van der Waals surface area contributed by atoms with Crippen LogP contribution in [0.4, 0.5) is 5.69 Å². The highest BCUT2D eigenvalue weighted by molar-refractivity contribution is 6.08. The van der Waals surface area contributed by atoms with E-state index in [0.29, 0.717) is 25.3 Å². The second-order valence-electron chi connectivity index (χ2n) is 7.13. The van der Waals surface area contributed by atoms with E-state index in [0.717, 1.165) is 16.8 Å². The normalized spacial score (nSPS) is 21.4. The van der Waals surface area contributed by atoms with Crippen LogP contribution in [0.2, 0.25) is 0 Å². The minimum Gasteiger partial charge on any atom is -0.484 e. The molecule has 1 saturated heterocycles. The molecule has 0 unspecified atom stereocenters. The quantitative estimate of drug-likeness (QED) is 0.855. The van der Waals surface area contributed by atoms with Crippen LogP contribution >= 0.6 is 0 Å². The minimum atomic E-state index is -0.607. The minimum absolute atomic E-state index is 0.00872. The number of hydrogen-bond donors (Lipinski definition) is 0. The molecule has 0 aliphatic carbocycles. The predicted octanol–water partition coefficient (Wildman–Crippen LogP) is 2.52. The Morgan fingerprint density at radius 1 is 1.19 bits per heavy atom. The molecule has 5 nitrogen and oxygen atoms in total. The molecule has 4 rings (SSSR count). The van der Waals surface area contributed by atoms with Crippen LogP contribution in [0.3, 0.4) is 0 Å². The number of fused-ring (bicyclic) bond motifs is 2. The van der Waals surface area contributed by atoms with Gasteiger partial charge in [-0.2, -0.15) is 0 Å². The van der Waals surface area contributed by atoms with Gasteiger partial charge in [0.2, 0.25) is 5.91 Å². The van der Waals surface area contributed by atoms with E-state index < -0.39 is 5.41 Å². The number of amides is 2. The summed E-state index contributed by atoms with van der Waals surface area (Å²) in [6.07, 6.45) is 0.656. The maximum atomic E-state index is 12.9. The van der Waals surface area contributed by atoms with E-state index in [1.165, 1.54) is 0 Å². The van der Waals surface area contributed by atoms with Crippen molar-refractivity contribution in [3.05, 3.63) is 59.7 Å². The van der Waals surface area contributed by atoms with Crippen molar-refractivity contribution in [2.24, 2.45) is 0 Å². The number of benzene rings is 2. The fraction of sp³-hybridized carbons (Fsp3) is 0.333. The molecule has 0 saturated carbocycles. The standard InChI is InChI=1S/C21H22N2O3/c1-15-6-5-7-16(12-15)26-13-19(24)23-11-10-21(14-23)17-8-3-4-9-18(17)22(2)20(21)25/h3-9,12H,10-11,13-14H2,1-2H3/t21-/m0/s1. The van der Waals surface area contributed by atoms with Gasteiger partial charge < -0.3 is 14.5 Å². The molecule has 5 heteroatoms. The zero-order chi connectivity index (χ0) is 18.3. The first kappa shape index (κ1) is 16.6. The Morgan fingerprint density at radius 2 is 2.00 bits per heavy atom. The molecule has 2 amide bonds. The highest BCUT2D eigenvalue weighted by Crippen LogP contribution is 2.46. The highest BCUT2D eigenvalue weighted by atomic mass is 16.5. The van der Waals surface area contributed by atoms with Crippen molar-refractivity contribution in [2.75, 3.05) is 31.6 Å². The Morgan fingerprint density at radius 3 is 2.81 bits per heavy atom. The number of anilines is 1. The zero-order valence-electron chi connectivity index (χ0n) is 15.1. The first-order valence-corrected chi connectivity index (χ1v) is 8.86. The third-order valence-corrected chi connectivity index (χ3v) is 5.47. The van der Waals surface area contributed by atoms with E-state index in [1.54, 1.807) is 16.8 Å². The van der Waals surface area contributed by atoms with E-state index in [-0.39, 0.29) is 18.4 Å². The number of likely N-dealkylation sites (N-methyl/N-ethyl adjacent to an activating group) is 1. The molecule has 2 heterocycles. The number of ether oxygens (including phenoxy) is 1. The smallest absolute Gasteiger partial charge is 0.260 e. The average Bonchev–Trinajstić information content (AvgIpc) is 3.18. The first-order chi connectivity index (χ1) is 12.5. The lowest BCUT2D eigenvalue weighted by Gasteiger charge is -2.23. The maximum Gasteiger partial charge on any atom is 0.260 e. The van der Waals surface area contributed by atoms with Crippen LogP contribution in [0.15, 0.2) is 48.5 Å². The molecule has 1 fully saturated rings. The molecule has 0 radical (unpaired) electrons. The lowest BCUT2D eigenvalue weighted by atomic mass is 9.81. The van der Waals surface area contributed by atoms with Crippen molar-refractivity contribution in [1.29, 1.82) is 0 Å². The fourth-order valence-electron chi connectivity index (χ4n) is 4.07. The Labute approximate surface area is 153 Å². The number of nitrogens with zero attached hydrogens (tertiary/aromatic N) is 2. The number of aryl methyl sites for hydroxylation is 1. The number of rotatable bonds is 3. The topological polar surface area (TPSA) is 49.9 Å². The highest BCUT2D eigenvalue weighted by Gasteiger charge is 2.54. The van der Waals surface area contributed by atoms with E-state index in [2.05, 4.69) is 0 Å². The van der Waals surface area contributed by atoms with E-state index >= 15 is 0 Å². The summed E-state index contributed by atoms with van der Waals surface area (Å²) in [5, 5.41) is 0. The molecular weight excluding hydrogens is 328 g/mol. The summed E-state index contributed by atoms with van der Waals surface area (Å²) >= 11 is 0. The molecule has 2 aromatic carbocycles. The van der Waals surface area contributed by atoms with Crippen molar-refractivity contribution in [2.45, 2.75) is 18.8 Å². The van der Waals surface area contributed by atoms with E-state index in [1.807, 2.05) is 55.5 Å². The van der Waals surface area contributed by atoms with Gasteiger partial charge in [-0.3, -0.25) is 9.59 Å². The Balaban J connectivity index is 1.48. The Bertz CT molecular complexity index is 879.